The number of anilines is 1. The zero-order chi connectivity index (χ0) is 24.2. The molecule has 0 atom stereocenters. The monoisotopic (exact) mass is 459 g/mol. The van der Waals surface area contributed by atoms with Gasteiger partial charge >= 0.3 is 0 Å². The zero-order valence-electron chi connectivity index (χ0n) is 19.4. The average molecular weight is 460 g/mol. The first-order valence-electron chi connectivity index (χ1n) is 11.4. The Hall–Kier alpha value is -4.71. The van der Waals surface area contributed by atoms with Crippen LogP contribution in [0.1, 0.15) is 12.5 Å². The molecule has 2 aromatic carbocycles. The van der Waals surface area contributed by atoms with Crippen LogP contribution in [0.3, 0.4) is 0 Å². The minimum Gasteiger partial charge on any atom is -0.399 e. The Morgan fingerprint density at radius 1 is 0.743 bits per heavy atom. The lowest BCUT2D eigenvalue weighted by molar-refractivity contribution is -0.116. The summed E-state index contributed by atoms with van der Waals surface area (Å²) in [7, 11) is 0. The third kappa shape index (κ3) is 4.82. The van der Waals surface area contributed by atoms with Crippen LogP contribution >= 0.6 is 0 Å². The molecule has 0 spiro atoms. The molecule has 0 bridgehead atoms. The number of ketones is 1. The molecule has 172 valence electrons. The van der Waals surface area contributed by atoms with Gasteiger partial charge in [-0.05, 0) is 55.0 Å². The number of rotatable bonds is 4. The van der Waals surface area contributed by atoms with Crippen molar-refractivity contribution in [3.63, 3.8) is 0 Å². The second kappa shape index (κ2) is 9.65. The van der Waals surface area contributed by atoms with Crippen LogP contribution < -0.4 is 5.73 Å². The molecule has 0 aliphatic carbocycles. The number of nitrogens with zero attached hydrogens (tertiary/aromatic N) is 4. The molecule has 6 heteroatoms. The Morgan fingerprint density at radius 2 is 1.31 bits per heavy atom. The van der Waals surface area contributed by atoms with E-state index in [2.05, 4.69) is 20.4 Å². The lowest BCUT2D eigenvalue weighted by atomic mass is 10.0. The van der Waals surface area contributed by atoms with Gasteiger partial charge in [-0.3, -0.25) is 13.6 Å². The largest absolute Gasteiger partial charge is 0.399 e. The summed E-state index contributed by atoms with van der Waals surface area (Å²) in [6, 6.07) is 27.8. The molecule has 0 saturated carbocycles. The molecule has 6 nitrogen and oxygen atoms in total. The van der Waals surface area contributed by atoms with E-state index in [0.717, 1.165) is 45.1 Å². The molecule has 6 aromatic rings. The SMILES string of the molecule is CC(=O)Cc1cccc(-c2cnc3ccccn23)c1.Nc1cccc(-c2cnc3ccccn23)c1. The van der Waals surface area contributed by atoms with Crippen molar-refractivity contribution in [2.75, 3.05) is 5.73 Å². The lowest BCUT2D eigenvalue weighted by Crippen LogP contribution is -1.96. The predicted molar refractivity (Wildman–Crippen MR) is 140 cm³/mol. The van der Waals surface area contributed by atoms with Gasteiger partial charge < -0.3 is 5.73 Å². The normalized spacial score (nSPS) is 10.8. The second-order valence-corrected chi connectivity index (χ2v) is 8.35. The van der Waals surface area contributed by atoms with E-state index in [1.807, 2.05) is 108 Å². The molecular formula is C29H25N5O. The van der Waals surface area contributed by atoms with Gasteiger partial charge in [0.25, 0.3) is 0 Å². The van der Waals surface area contributed by atoms with Gasteiger partial charge in [-0.2, -0.15) is 0 Å². The maximum Gasteiger partial charge on any atom is 0.137 e. The van der Waals surface area contributed by atoms with Crippen LogP contribution in [0.15, 0.2) is 110 Å². The fraction of sp³-hybridized carbons (Fsp3) is 0.0690. The molecule has 0 unspecified atom stereocenters. The van der Waals surface area contributed by atoms with Gasteiger partial charge in [0.1, 0.15) is 17.1 Å². The number of imidazole rings is 2. The van der Waals surface area contributed by atoms with E-state index in [1.165, 1.54) is 0 Å². The highest BCUT2D eigenvalue weighted by molar-refractivity contribution is 5.79. The fourth-order valence-corrected chi connectivity index (χ4v) is 4.12. The van der Waals surface area contributed by atoms with Gasteiger partial charge in [-0.15, -0.1) is 0 Å². The van der Waals surface area contributed by atoms with E-state index in [0.29, 0.717) is 6.42 Å². The van der Waals surface area contributed by atoms with E-state index in [4.69, 9.17) is 5.73 Å². The first-order valence-corrected chi connectivity index (χ1v) is 11.4. The molecule has 4 aromatic heterocycles. The second-order valence-electron chi connectivity index (χ2n) is 8.35. The average Bonchev–Trinajstić information content (AvgIpc) is 3.49. The summed E-state index contributed by atoms with van der Waals surface area (Å²) < 4.78 is 4.10. The zero-order valence-corrected chi connectivity index (χ0v) is 19.4. The quantitative estimate of drug-likeness (QED) is 0.342. The van der Waals surface area contributed by atoms with Crippen LogP contribution in [0.25, 0.3) is 33.8 Å². The number of aromatic nitrogens is 4. The van der Waals surface area contributed by atoms with Crippen molar-refractivity contribution in [3.05, 3.63) is 115 Å². The summed E-state index contributed by atoms with van der Waals surface area (Å²) >= 11 is 0. The Balaban J connectivity index is 0.000000147. The van der Waals surface area contributed by atoms with Crippen LogP contribution in [-0.2, 0) is 11.2 Å². The standard InChI is InChI=1S/C16H14N2O.C13H11N3/c1-12(19)9-13-5-4-6-14(10-13)15-11-17-16-7-2-3-8-18(15)16;14-11-5-3-4-10(8-11)12-9-15-13-6-1-2-7-16(12)13/h2-8,10-11H,9H2,1H3;1-9H,14H2. The number of fused-ring (bicyclic) bond motifs is 2. The number of nitrogens with two attached hydrogens (primary N) is 1. The lowest BCUT2D eigenvalue weighted by Gasteiger charge is -2.04. The molecule has 2 N–H and O–H groups in total. The van der Waals surface area contributed by atoms with Gasteiger partial charge in [0.2, 0.25) is 0 Å². The molecule has 0 amide bonds. The number of benzene rings is 2. The predicted octanol–water partition coefficient (Wildman–Crippen LogP) is 5.72. The summed E-state index contributed by atoms with van der Waals surface area (Å²) in [5, 5.41) is 0. The third-order valence-corrected chi connectivity index (χ3v) is 5.69. The number of Topliss-reactive ketones (excluding diaryl/α,β-unsaturated/α-hetero) is 1. The highest BCUT2D eigenvalue weighted by Gasteiger charge is 2.07. The Labute approximate surface area is 203 Å². The number of pyridine rings is 2. The topological polar surface area (TPSA) is 77.7 Å². The first kappa shape index (κ1) is 22.1. The molecule has 35 heavy (non-hydrogen) atoms. The van der Waals surface area contributed by atoms with Crippen molar-refractivity contribution < 1.29 is 4.79 Å². The van der Waals surface area contributed by atoms with Gasteiger partial charge in [-0.1, -0.05) is 42.5 Å². The van der Waals surface area contributed by atoms with Crippen LogP contribution in [0.5, 0.6) is 0 Å². The first-order chi connectivity index (χ1) is 17.1. The highest BCUT2D eigenvalue weighted by Crippen LogP contribution is 2.23. The fourth-order valence-electron chi connectivity index (χ4n) is 4.12. The Kier molecular flexibility index (Phi) is 6.09. The summed E-state index contributed by atoms with van der Waals surface area (Å²) in [6.07, 6.45) is 8.20. The highest BCUT2D eigenvalue weighted by atomic mass is 16.1. The van der Waals surface area contributed by atoms with E-state index in [-0.39, 0.29) is 5.78 Å². The van der Waals surface area contributed by atoms with E-state index < -0.39 is 0 Å². The van der Waals surface area contributed by atoms with E-state index in [1.54, 1.807) is 6.92 Å². The summed E-state index contributed by atoms with van der Waals surface area (Å²) in [5.74, 6) is 0.176. The summed E-state index contributed by atoms with van der Waals surface area (Å²) in [6.45, 7) is 1.61. The smallest absolute Gasteiger partial charge is 0.137 e. The maximum atomic E-state index is 11.2. The van der Waals surface area contributed by atoms with Crippen molar-refractivity contribution in [1.82, 2.24) is 18.8 Å². The molecule has 6 rings (SSSR count). The van der Waals surface area contributed by atoms with Gasteiger partial charge in [-0.25, -0.2) is 9.97 Å². The van der Waals surface area contributed by atoms with Gasteiger partial charge in [0.15, 0.2) is 0 Å². The van der Waals surface area contributed by atoms with Crippen molar-refractivity contribution >= 4 is 22.8 Å². The van der Waals surface area contributed by atoms with Crippen LogP contribution in [-0.4, -0.2) is 24.6 Å². The van der Waals surface area contributed by atoms with Crippen molar-refractivity contribution in [2.24, 2.45) is 0 Å². The summed E-state index contributed by atoms with van der Waals surface area (Å²) in [4.78, 5) is 19.9. The molecule has 4 heterocycles. The number of hydrogen-bond acceptors (Lipinski definition) is 4. The van der Waals surface area contributed by atoms with E-state index >= 15 is 0 Å². The molecule has 0 aliphatic rings. The Morgan fingerprint density at radius 3 is 1.89 bits per heavy atom. The van der Waals surface area contributed by atoms with Crippen LogP contribution in [0, 0.1) is 0 Å². The van der Waals surface area contributed by atoms with Crippen LogP contribution in [0.2, 0.25) is 0 Å². The summed E-state index contributed by atoms with van der Waals surface area (Å²) in [5.41, 5.74) is 13.7. The number of nitrogen functional groups attached to an aromatic ring is 1. The van der Waals surface area contributed by atoms with Crippen LogP contribution in [0.4, 0.5) is 5.69 Å². The van der Waals surface area contributed by atoms with Gasteiger partial charge in [0, 0.05) is 35.6 Å². The number of hydrogen-bond donors (Lipinski definition) is 1. The minimum absolute atomic E-state index is 0.176. The maximum absolute atomic E-state index is 11.2. The minimum atomic E-state index is 0.176. The van der Waals surface area contributed by atoms with E-state index in [9.17, 15) is 4.79 Å². The van der Waals surface area contributed by atoms with Crippen molar-refractivity contribution in [1.29, 1.82) is 0 Å². The number of carbonyl (C=O) groups excluding carboxylic acids is 1. The molecule has 0 aliphatic heterocycles. The molecular weight excluding hydrogens is 434 g/mol. The van der Waals surface area contributed by atoms with Crippen molar-refractivity contribution in [2.45, 2.75) is 13.3 Å². The molecule has 0 saturated heterocycles. The molecule has 0 fully saturated rings. The Bertz CT molecular complexity index is 1630. The third-order valence-electron chi connectivity index (χ3n) is 5.69. The van der Waals surface area contributed by atoms with Gasteiger partial charge in [0.05, 0.1) is 23.8 Å². The molecule has 0 radical (unpaired) electrons. The number of carbonyl (C=O) groups is 1. The van der Waals surface area contributed by atoms with Crippen molar-refractivity contribution in [3.8, 4) is 22.5 Å².